The molecule has 0 heterocycles. The fourth-order valence-corrected chi connectivity index (χ4v) is 7.67. The van der Waals surface area contributed by atoms with Gasteiger partial charge in [0, 0.05) is 19.3 Å². The molecule has 0 unspecified atom stereocenters. The van der Waals surface area contributed by atoms with E-state index in [1.165, 1.54) is 116 Å². The average molecular weight is 972 g/mol. The summed E-state index contributed by atoms with van der Waals surface area (Å²) in [6, 6.07) is 0. The first-order chi connectivity index (χ1) is 34.5. The maximum atomic E-state index is 12.9. The fraction of sp³-hybridized carbons (Fsp3) is 0.672. The van der Waals surface area contributed by atoms with E-state index in [0.29, 0.717) is 19.3 Å². The Kier molecular flexibility index (Phi) is 54.4. The Labute approximate surface area is 431 Å². The average Bonchev–Trinajstić information content (AvgIpc) is 3.36. The molecular formula is C64H106O6. The summed E-state index contributed by atoms with van der Waals surface area (Å²) in [5.41, 5.74) is 0. The van der Waals surface area contributed by atoms with Gasteiger partial charge in [-0.05, 0) is 116 Å². The standard InChI is InChI=1S/C64H106O6/c1-4-7-10-13-16-19-22-25-28-30-32-34-36-39-42-45-48-51-54-57-63(66)69-60-61(59-68-62(65)56-53-50-47-44-41-38-27-24-21-18-15-12-9-6-3)70-64(67)58-55-52-49-46-43-40-37-35-33-31-29-26-23-20-17-14-11-8-5-2/h7,10,16-17,19-20,24-29,32,34,39,42,48,51,61H,4-6,8-9,11-15,18,21-23,30-31,33,35-38,40-41,43-47,49-50,52-60H2,1-3H3/b10-7+,19-16+,20-17+,27-24+,28-25+,29-26+,34-32+,42-39+,51-48+/t61-/m1/s1. The molecule has 0 aliphatic carbocycles. The number of rotatable bonds is 51. The van der Waals surface area contributed by atoms with E-state index in [0.717, 1.165) is 96.3 Å². The molecule has 0 spiro atoms. The maximum Gasteiger partial charge on any atom is 0.306 e. The molecular weight excluding hydrogens is 865 g/mol. The molecule has 0 radical (unpaired) electrons. The van der Waals surface area contributed by atoms with Gasteiger partial charge in [0.15, 0.2) is 6.10 Å². The molecule has 0 aromatic carbocycles. The van der Waals surface area contributed by atoms with Crippen molar-refractivity contribution in [2.24, 2.45) is 0 Å². The van der Waals surface area contributed by atoms with Crippen LogP contribution in [0, 0.1) is 0 Å². The van der Waals surface area contributed by atoms with Gasteiger partial charge in [-0.2, -0.15) is 0 Å². The van der Waals surface area contributed by atoms with Gasteiger partial charge in [-0.25, -0.2) is 0 Å². The molecule has 0 bridgehead atoms. The molecule has 0 aromatic rings. The minimum Gasteiger partial charge on any atom is -0.462 e. The van der Waals surface area contributed by atoms with Crippen LogP contribution in [-0.2, 0) is 28.6 Å². The molecule has 70 heavy (non-hydrogen) atoms. The number of ether oxygens (including phenoxy) is 3. The first kappa shape index (κ1) is 66.1. The van der Waals surface area contributed by atoms with E-state index in [1.54, 1.807) is 0 Å². The molecule has 0 amide bonds. The van der Waals surface area contributed by atoms with Gasteiger partial charge in [-0.3, -0.25) is 14.4 Å². The predicted octanol–water partition coefficient (Wildman–Crippen LogP) is 19.5. The minimum atomic E-state index is -0.816. The van der Waals surface area contributed by atoms with Crippen LogP contribution >= 0.6 is 0 Å². The van der Waals surface area contributed by atoms with Gasteiger partial charge in [-0.1, -0.05) is 233 Å². The Morgan fingerprint density at radius 3 is 1.00 bits per heavy atom. The lowest BCUT2D eigenvalue weighted by Crippen LogP contribution is -2.30. The van der Waals surface area contributed by atoms with Gasteiger partial charge in [0.2, 0.25) is 0 Å². The molecule has 0 saturated heterocycles. The Bertz CT molecular complexity index is 1440. The van der Waals surface area contributed by atoms with Gasteiger partial charge < -0.3 is 14.2 Å². The second-order valence-electron chi connectivity index (χ2n) is 18.8. The van der Waals surface area contributed by atoms with Crippen molar-refractivity contribution >= 4 is 17.9 Å². The second-order valence-corrected chi connectivity index (χ2v) is 18.8. The smallest absolute Gasteiger partial charge is 0.306 e. The molecule has 0 fully saturated rings. The third kappa shape index (κ3) is 55.0. The van der Waals surface area contributed by atoms with Gasteiger partial charge in [-0.15, -0.1) is 0 Å². The highest BCUT2D eigenvalue weighted by Gasteiger charge is 2.19. The molecule has 0 rings (SSSR count). The van der Waals surface area contributed by atoms with Crippen LogP contribution in [0.1, 0.15) is 258 Å². The Morgan fingerprint density at radius 1 is 0.300 bits per heavy atom. The molecule has 6 heteroatoms. The molecule has 0 aliphatic rings. The van der Waals surface area contributed by atoms with Gasteiger partial charge in [0.05, 0.1) is 0 Å². The molecule has 0 N–H and O–H groups in total. The van der Waals surface area contributed by atoms with E-state index in [9.17, 15) is 14.4 Å². The molecule has 398 valence electrons. The van der Waals surface area contributed by atoms with E-state index < -0.39 is 6.10 Å². The van der Waals surface area contributed by atoms with Crippen LogP contribution in [0.4, 0.5) is 0 Å². The number of esters is 3. The lowest BCUT2D eigenvalue weighted by Gasteiger charge is -2.18. The van der Waals surface area contributed by atoms with Crippen LogP contribution in [0.25, 0.3) is 0 Å². The molecule has 0 aromatic heterocycles. The summed E-state index contributed by atoms with van der Waals surface area (Å²) in [6.07, 6.45) is 78.0. The highest BCUT2D eigenvalue weighted by molar-refractivity contribution is 5.71. The highest BCUT2D eigenvalue weighted by atomic mass is 16.6. The van der Waals surface area contributed by atoms with E-state index in [-0.39, 0.29) is 37.5 Å². The van der Waals surface area contributed by atoms with E-state index >= 15 is 0 Å². The van der Waals surface area contributed by atoms with Crippen molar-refractivity contribution in [3.63, 3.8) is 0 Å². The van der Waals surface area contributed by atoms with Crippen LogP contribution in [0.3, 0.4) is 0 Å². The number of carbonyl (C=O) groups excluding carboxylic acids is 3. The lowest BCUT2D eigenvalue weighted by molar-refractivity contribution is -0.166. The first-order valence-electron chi connectivity index (χ1n) is 28.9. The van der Waals surface area contributed by atoms with Crippen molar-refractivity contribution in [2.75, 3.05) is 13.2 Å². The number of unbranched alkanes of at least 4 members (excludes halogenated alkanes) is 22. The summed E-state index contributed by atoms with van der Waals surface area (Å²) >= 11 is 0. The Morgan fingerprint density at radius 2 is 0.586 bits per heavy atom. The third-order valence-electron chi connectivity index (χ3n) is 12.0. The van der Waals surface area contributed by atoms with Gasteiger partial charge >= 0.3 is 17.9 Å². The van der Waals surface area contributed by atoms with Crippen LogP contribution in [0.2, 0.25) is 0 Å². The van der Waals surface area contributed by atoms with Crippen LogP contribution in [0.15, 0.2) is 109 Å². The lowest BCUT2D eigenvalue weighted by atomic mass is 10.1. The van der Waals surface area contributed by atoms with Crippen LogP contribution in [-0.4, -0.2) is 37.2 Å². The monoisotopic (exact) mass is 971 g/mol. The fourth-order valence-electron chi connectivity index (χ4n) is 7.67. The predicted molar refractivity (Wildman–Crippen MR) is 302 cm³/mol. The number of hydrogen-bond acceptors (Lipinski definition) is 6. The second kappa shape index (κ2) is 57.6. The van der Waals surface area contributed by atoms with Crippen molar-refractivity contribution < 1.29 is 28.6 Å². The molecule has 1 atom stereocenters. The summed E-state index contributed by atoms with van der Waals surface area (Å²) in [4.78, 5) is 38.1. The van der Waals surface area contributed by atoms with Crippen molar-refractivity contribution in [2.45, 2.75) is 264 Å². The van der Waals surface area contributed by atoms with Crippen LogP contribution < -0.4 is 0 Å². The SMILES string of the molecule is CC/C=C/C/C=C/C/C=C/C/C=C/C/C=C/C/C=C/CCC(=O)OC[C@@H](COC(=O)CCCCCCC/C=C/CCCCCCC)OC(=O)CCCCCCCCCCC/C=C/C/C=C/CCCCC. The zero-order chi connectivity index (χ0) is 50.7. The summed E-state index contributed by atoms with van der Waals surface area (Å²) in [6.45, 7) is 6.42. The molecule has 0 saturated carbocycles. The summed E-state index contributed by atoms with van der Waals surface area (Å²) in [7, 11) is 0. The Balaban J connectivity index is 4.51. The minimum absolute atomic E-state index is 0.108. The first-order valence-corrected chi connectivity index (χ1v) is 28.9. The van der Waals surface area contributed by atoms with Crippen molar-refractivity contribution in [1.82, 2.24) is 0 Å². The number of carbonyl (C=O) groups is 3. The summed E-state index contributed by atoms with van der Waals surface area (Å²) < 4.78 is 16.8. The van der Waals surface area contributed by atoms with Crippen molar-refractivity contribution in [3.8, 4) is 0 Å². The van der Waals surface area contributed by atoms with E-state index in [1.807, 2.05) is 6.08 Å². The van der Waals surface area contributed by atoms with Crippen LogP contribution in [0.5, 0.6) is 0 Å². The Hall–Kier alpha value is -3.93. The summed E-state index contributed by atoms with van der Waals surface area (Å²) in [5.74, 6) is -1.01. The quantitative estimate of drug-likeness (QED) is 0.0262. The topological polar surface area (TPSA) is 78.9 Å². The number of hydrogen-bond donors (Lipinski definition) is 0. The van der Waals surface area contributed by atoms with E-state index in [2.05, 4.69) is 124 Å². The van der Waals surface area contributed by atoms with Crippen molar-refractivity contribution in [1.29, 1.82) is 0 Å². The zero-order valence-electron chi connectivity index (χ0n) is 45.5. The largest absolute Gasteiger partial charge is 0.462 e. The number of allylic oxidation sites excluding steroid dienone is 18. The van der Waals surface area contributed by atoms with Gasteiger partial charge in [0.25, 0.3) is 0 Å². The van der Waals surface area contributed by atoms with E-state index in [4.69, 9.17) is 14.2 Å². The maximum absolute atomic E-state index is 12.9. The zero-order valence-corrected chi connectivity index (χ0v) is 45.5. The normalized spacial score (nSPS) is 12.9. The van der Waals surface area contributed by atoms with Crippen molar-refractivity contribution in [3.05, 3.63) is 109 Å². The summed E-state index contributed by atoms with van der Waals surface area (Å²) in [5, 5.41) is 0. The van der Waals surface area contributed by atoms with Gasteiger partial charge in [0.1, 0.15) is 13.2 Å². The molecule has 6 nitrogen and oxygen atoms in total. The third-order valence-corrected chi connectivity index (χ3v) is 12.0. The molecule has 0 aliphatic heterocycles. The highest BCUT2D eigenvalue weighted by Crippen LogP contribution is 2.14.